The Bertz CT molecular complexity index is 377. The molecule has 1 atom stereocenters. The number of hydrogen-bond acceptors (Lipinski definition) is 1. The Labute approximate surface area is 118 Å². The molecule has 0 bridgehead atoms. The summed E-state index contributed by atoms with van der Waals surface area (Å²) >= 11 is 0. The van der Waals surface area contributed by atoms with E-state index in [4.69, 9.17) is 0 Å². The first-order valence-electron chi connectivity index (χ1n) is 8.13. The van der Waals surface area contributed by atoms with Crippen LogP contribution in [0.15, 0.2) is 24.3 Å². The van der Waals surface area contributed by atoms with Crippen LogP contribution in [0.5, 0.6) is 0 Å². The topological polar surface area (TPSA) is 12.0 Å². The molecule has 1 aliphatic carbocycles. The minimum Gasteiger partial charge on any atom is -0.310 e. The number of benzene rings is 1. The van der Waals surface area contributed by atoms with Gasteiger partial charge in [0.1, 0.15) is 0 Å². The predicted molar refractivity (Wildman–Crippen MR) is 83.5 cm³/mol. The first kappa shape index (κ1) is 14.6. The van der Waals surface area contributed by atoms with Crippen LogP contribution in [-0.2, 0) is 0 Å². The highest BCUT2D eigenvalue weighted by Crippen LogP contribution is 2.41. The van der Waals surface area contributed by atoms with Crippen LogP contribution < -0.4 is 5.32 Å². The summed E-state index contributed by atoms with van der Waals surface area (Å²) in [5, 5.41) is 3.74. The zero-order valence-electron chi connectivity index (χ0n) is 12.8. The first-order valence-corrected chi connectivity index (χ1v) is 8.13. The summed E-state index contributed by atoms with van der Waals surface area (Å²) in [6.07, 6.45) is 6.70. The molecule has 1 aromatic carbocycles. The molecule has 1 saturated carbocycles. The summed E-state index contributed by atoms with van der Waals surface area (Å²) in [5.74, 6) is 1.58. The van der Waals surface area contributed by atoms with E-state index >= 15 is 0 Å². The van der Waals surface area contributed by atoms with Crippen molar-refractivity contribution in [2.24, 2.45) is 5.92 Å². The molecule has 1 aliphatic rings. The Balaban J connectivity index is 2.29. The summed E-state index contributed by atoms with van der Waals surface area (Å²) in [7, 11) is 0. The van der Waals surface area contributed by atoms with E-state index in [9.17, 15) is 0 Å². The van der Waals surface area contributed by atoms with Crippen molar-refractivity contribution in [3.05, 3.63) is 35.4 Å². The number of nitrogens with one attached hydrogen (secondary N) is 1. The highest BCUT2D eigenvalue weighted by molar-refractivity contribution is 5.34. The number of hydrogen-bond donors (Lipinski definition) is 1. The van der Waals surface area contributed by atoms with Gasteiger partial charge in [-0.1, -0.05) is 64.3 Å². The van der Waals surface area contributed by atoms with Crippen LogP contribution in [0.25, 0.3) is 0 Å². The lowest BCUT2D eigenvalue weighted by Crippen LogP contribution is -2.29. The Hall–Kier alpha value is -0.820. The predicted octanol–water partition coefficient (Wildman–Crippen LogP) is 5.04. The van der Waals surface area contributed by atoms with E-state index in [0.29, 0.717) is 6.04 Å². The van der Waals surface area contributed by atoms with Crippen molar-refractivity contribution in [1.82, 2.24) is 5.32 Å². The van der Waals surface area contributed by atoms with Crippen molar-refractivity contribution in [2.45, 2.75) is 64.8 Å². The van der Waals surface area contributed by atoms with Crippen molar-refractivity contribution in [3.63, 3.8) is 0 Å². The van der Waals surface area contributed by atoms with E-state index in [1.54, 1.807) is 11.1 Å². The maximum absolute atomic E-state index is 3.74. The van der Waals surface area contributed by atoms with Crippen molar-refractivity contribution in [2.75, 3.05) is 6.54 Å². The van der Waals surface area contributed by atoms with Crippen molar-refractivity contribution >= 4 is 0 Å². The molecular weight excluding hydrogens is 230 g/mol. The Morgan fingerprint density at radius 3 is 2.32 bits per heavy atom. The molecule has 0 spiro atoms. The lowest BCUT2D eigenvalue weighted by atomic mass is 9.75. The molecule has 19 heavy (non-hydrogen) atoms. The van der Waals surface area contributed by atoms with Crippen molar-refractivity contribution < 1.29 is 0 Å². The largest absolute Gasteiger partial charge is 0.310 e. The van der Waals surface area contributed by atoms with E-state index in [1.165, 1.54) is 32.1 Å². The zero-order valence-corrected chi connectivity index (χ0v) is 12.8. The lowest BCUT2D eigenvalue weighted by molar-refractivity contribution is 0.337. The van der Waals surface area contributed by atoms with Gasteiger partial charge >= 0.3 is 0 Å². The first-order chi connectivity index (χ1) is 9.31. The molecule has 1 heteroatoms. The second kappa shape index (κ2) is 7.09. The van der Waals surface area contributed by atoms with Crippen LogP contribution in [-0.4, -0.2) is 6.54 Å². The molecule has 1 aromatic rings. The minimum atomic E-state index is 0.539. The normalized spacial score (nSPS) is 17.5. The molecule has 0 aromatic heterocycles. The Morgan fingerprint density at radius 2 is 1.79 bits per heavy atom. The maximum Gasteiger partial charge on any atom is 0.0351 e. The van der Waals surface area contributed by atoms with Crippen LogP contribution >= 0.6 is 0 Å². The standard InChI is InChI=1S/C18H29N/c1-4-14(5-2)18(19-6-3)17-13-8-7-12-16(17)15-10-9-11-15/h7-8,12-15,18-19H,4-6,9-11H2,1-3H3. The fourth-order valence-electron chi connectivity index (χ4n) is 3.40. The minimum absolute atomic E-state index is 0.539. The molecule has 0 aliphatic heterocycles. The molecule has 0 heterocycles. The molecule has 2 rings (SSSR count). The van der Waals surface area contributed by atoms with E-state index < -0.39 is 0 Å². The van der Waals surface area contributed by atoms with Gasteiger partial charge < -0.3 is 5.32 Å². The summed E-state index contributed by atoms with van der Waals surface area (Å²) in [4.78, 5) is 0. The van der Waals surface area contributed by atoms with Crippen LogP contribution in [0.1, 0.15) is 76.0 Å². The van der Waals surface area contributed by atoms with Gasteiger partial charge in [0.25, 0.3) is 0 Å². The van der Waals surface area contributed by atoms with Crippen LogP contribution in [0.3, 0.4) is 0 Å². The van der Waals surface area contributed by atoms with Crippen LogP contribution in [0.4, 0.5) is 0 Å². The smallest absolute Gasteiger partial charge is 0.0351 e. The van der Waals surface area contributed by atoms with E-state index in [0.717, 1.165) is 18.4 Å². The SMILES string of the molecule is CCNC(c1ccccc1C1CCC1)C(CC)CC. The zero-order chi connectivity index (χ0) is 13.7. The van der Waals surface area contributed by atoms with Crippen LogP contribution in [0, 0.1) is 5.92 Å². The molecule has 1 N–H and O–H groups in total. The maximum atomic E-state index is 3.74. The molecule has 0 amide bonds. The third-order valence-corrected chi connectivity index (χ3v) is 4.82. The Kier molecular flexibility index (Phi) is 5.45. The summed E-state index contributed by atoms with van der Waals surface area (Å²) < 4.78 is 0. The van der Waals surface area contributed by atoms with Gasteiger partial charge in [-0.25, -0.2) is 0 Å². The average molecular weight is 259 g/mol. The van der Waals surface area contributed by atoms with Gasteiger partial charge in [0.2, 0.25) is 0 Å². The van der Waals surface area contributed by atoms with Gasteiger partial charge in [-0.15, -0.1) is 0 Å². The molecule has 106 valence electrons. The van der Waals surface area contributed by atoms with Crippen LogP contribution in [0.2, 0.25) is 0 Å². The quantitative estimate of drug-likeness (QED) is 0.723. The third kappa shape index (κ3) is 3.20. The molecule has 1 fully saturated rings. The fourth-order valence-corrected chi connectivity index (χ4v) is 3.40. The third-order valence-electron chi connectivity index (χ3n) is 4.82. The molecule has 1 unspecified atom stereocenters. The summed E-state index contributed by atoms with van der Waals surface area (Å²) in [5.41, 5.74) is 3.19. The lowest BCUT2D eigenvalue weighted by Gasteiger charge is -2.33. The molecule has 0 radical (unpaired) electrons. The van der Waals surface area contributed by atoms with Gasteiger partial charge in [0.15, 0.2) is 0 Å². The molecular formula is C18H29N. The van der Waals surface area contributed by atoms with E-state index in [1.807, 2.05) is 0 Å². The highest BCUT2D eigenvalue weighted by Gasteiger charge is 2.27. The van der Waals surface area contributed by atoms with Gasteiger partial charge in [-0.05, 0) is 42.3 Å². The second-order valence-corrected chi connectivity index (χ2v) is 5.87. The van der Waals surface area contributed by atoms with Gasteiger partial charge in [0.05, 0.1) is 0 Å². The summed E-state index contributed by atoms with van der Waals surface area (Å²) in [6, 6.07) is 9.69. The number of rotatable bonds is 7. The van der Waals surface area contributed by atoms with Crippen molar-refractivity contribution in [3.8, 4) is 0 Å². The van der Waals surface area contributed by atoms with Gasteiger partial charge in [-0.2, -0.15) is 0 Å². The van der Waals surface area contributed by atoms with Crippen molar-refractivity contribution in [1.29, 1.82) is 0 Å². The molecule has 0 saturated heterocycles. The highest BCUT2D eigenvalue weighted by atomic mass is 14.9. The average Bonchev–Trinajstić information content (AvgIpc) is 2.38. The monoisotopic (exact) mass is 259 g/mol. The Morgan fingerprint density at radius 1 is 1.11 bits per heavy atom. The fraction of sp³-hybridized carbons (Fsp3) is 0.667. The van der Waals surface area contributed by atoms with Gasteiger partial charge in [-0.3, -0.25) is 0 Å². The van der Waals surface area contributed by atoms with E-state index in [-0.39, 0.29) is 0 Å². The van der Waals surface area contributed by atoms with E-state index in [2.05, 4.69) is 50.4 Å². The molecule has 1 nitrogen and oxygen atoms in total. The van der Waals surface area contributed by atoms with Gasteiger partial charge in [0, 0.05) is 6.04 Å². The summed E-state index contributed by atoms with van der Waals surface area (Å²) in [6.45, 7) is 7.93. The second-order valence-electron chi connectivity index (χ2n) is 5.87.